The molecule has 1 aromatic rings. The number of hydrogen-bond acceptors (Lipinski definition) is 4. The molecule has 4 bridgehead atoms. The fraction of sp³-hybridized carbons (Fsp3) is 0.640. The highest BCUT2D eigenvalue weighted by Crippen LogP contribution is 2.61. The van der Waals surface area contributed by atoms with Gasteiger partial charge in [-0.3, -0.25) is 14.4 Å². The van der Waals surface area contributed by atoms with Gasteiger partial charge < -0.3 is 10.4 Å². The molecule has 4 aliphatic rings. The Kier molecular flexibility index (Phi) is 6.47. The monoisotopic (exact) mass is 443 g/mol. The van der Waals surface area contributed by atoms with Gasteiger partial charge in [-0.25, -0.2) is 0 Å². The fourth-order valence-corrected chi connectivity index (χ4v) is 7.82. The van der Waals surface area contributed by atoms with E-state index in [0.29, 0.717) is 23.5 Å². The second-order valence-electron chi connectivity index (χ2n) is 10.2. The highest BCUT2D eigenvalue weighted by molar-refractivity contribution is 8.13. The Bertz CT molecular complexity index is 804. The lowest BCUT2D eigenvalue weighted by atomic mass is 9.50. The van der Waals surface area contributed by atoms with Crippen LogP contribution < -0.4 is 5.32 Å². The van der Waals surface area contributed by atoms with Crippen molar-refractivity contribution < 1.29 is 19.5 Å². The summed E-state index contributed by atoms with van der Waals surface area (Å²) in [5.74, 6) is 0.563. The van der Waals surface area contributed by atoms with Gasteiger partial charge in [-0.05, 0) is 74.7 Å². The standard InChI is InChI=1S/C25H33NO4S/c1-15(20-6-4-3-5-7-20)21(22(27)26-16(2)23(28)29)14-31-24(30)25-11-17-8-18(12-25)10-19(9-17)13-25/h3-7,15-19,21H,8-14H2,1-2H3,(H,26,27)(H,28,29)/t15-,16-,17?,18?,19?,21-,25?/m0/s1. The van der Waals surface area contributed by atoms with E-state index in [1.807, 2.05) is 37.3 Å². The zero-order valence-corrected chi connectivity index (χ0v) is 19.2. The third kappa shape index (κ3) is 4.69. The van der Waals surface area contributed by atoms with Gasteiger partial charge in [0.15, 0.2) is 5.12 Å². The highest BCUT2D eigenvalue weighted by atomic mass is 32.2. The van der Waals surface area contributed by atoms with Crippen LogP contribution in [0.1, 0.15) is 63.9 Å². The quantitative estimate of drug-likeness (QED) is 0.619. The Balaban J connectivity index is 1.47. The molecule has 0 saturated heterocycles. The number of hydrogen-bond donors (Lipinski definition) is 2. The van der Waals surface area contributed by atoms with Gasteiger partial charge in [-0.2, -0.15) is 0 Å². The first-order valence-electron chi connectivity index (χ1n) is 11.5. The van der Waals surface area contributed by atoms with Crippen LogP contribution in [0.5, 0.6) is 0 Å². The van der Waals surface area contributed by atoms with Gasteiger partial charge >= 0.3 is 5.97 Å². The summed E-state index contributed by atoms with van der Waals surface area (Å²) in [6.45, 7) is 3.46. The van der Waals surface area contributed by atoms with E-state index in [-0.39, 0.29) is 22.4 Å². The molecule has 4 aliphatic carbocycles. The van der Waals surface area contributed by atoms with E-state index < -0.39 is 17.9 Å². The van der Waals surface area contributed by atoms with E-state index in [9.17, 15) is 19.5 Å². The molecule has 3 atom stereocenters. The molecule has 5 nitrogen and oxygen atoms in total. The average Bonchev–Trinajstić information content (AvgIpc) is 2.73. The Hall–Kier alpha value is -1.82. The molecule has 0 heterocycles. The minimum atomic E-state index is -1.06. The van der Waals surface area contributed by atoms with Crippen molar-refractivity contribution in [1.29, 1.82) is 0 Å². The van der Waals surface area contributed by atoms with Crippen molar-refractivity contribution in [3.63, 3.8) is 0 Å². The number of carbonyl (C=O) groups is 3. The van der Waals surface area contributed by atoms with Crippen molar-refractivity contribution in [2.75, 3.05) is 5.75 Å². The SMILES string of the molecule is C[C@H](NC(=O)[C@@H](CSC(=O)C12CC3CC(CC(C3)C1)C2)[C@@H](C)c1ccccc1)C(=O)O. The largest absolute Gasteiger partial charge is 0.480 e. The summed E-state index contributed by atoms with van der Waals surface area (Å²) in [4.78, 5) is 37.7. The smallest absolute Gasteiger partial charge is 0.325 e. The van der Waals surface area contributed by atoms with Crippen molar-refractivity contribution in [3.05, 3.63) is 35.9 Å². The van der Waals surface area contributed by atoms with E-state index >= 15 is 0 Å². The van der Waals surface area contributed by atoms with Crippen LogP contribution >= 0.6 is 11.8 Å². The molecule has 6 heteroatoms. The van der Waals surface area contributed by atoms with Crippen LogP contribution in [0, 0.1) is 29.1 Å². The van der Waals surface area contributed by atoms with Crippen molar-refractivity contribution in [1.82, 2.24) is 5.32 Å². The Morgan fingerprint density at radius 1 is 1.03 bits per heavy atom. The fourth-order valence-electron chi connectivity index (χ4n) is 6.50. The topological polar surface area (TPSA) is 83.5 Å². The molecular weight excluding hydrogens is 410 g/mol. The maximum Gasteiger partial charge on any atom is 0.325 e. The van der Waals surface area contributed by atoms with E-state index in [1.54, 1.807) is 0 Å². The van der Waals surface area contributed by atoms with Crippen LogP contribution in [0.15, 0.2) is 30.3 Å². The average molecular weight is 444 g/mol. The summed E-state index contributed by atoms with van der Waals surface area (Å²) in [6, 6.07) is 8.82. The second-order valence-corrected chi connectivity index (χ2v) is 11.2. The van der Waals surface area contributed by atoms with Crippen LogP contribution in [-0.2, 0) is 14.4 Å². The lowest BCUT2D eigenvalue weighted by molar-refractivity contribution is -0.142. The number of aliphatic carboxylic acids is 1. The molecule has 0 spiro atoms. The summed E-state index contributed by atoms with van der Waals surface area (Å²) < 4.78 is 0. The summed E-state index contributed by atoms with van der Waals surface area (Å²) in [6.07, 6.45) is 6.94. The Morgan fingerprint density at radius 2 is 1.58 bits per heavy atom. The van der Waals surface area contributed by atoms with E-state index in [1.165, 1.54) is 37.9 Å². The van der Waals surface area contributed by atoms with Gasteiger partial charge in [0.2, 0.25) is 5.91 Å². The van der Waals surface area contributed by atoms with Crippen molar-refractivity contribution >= 4 is 28.8 Å². The van der Waals surface area contributed by atoms with Crippen LogP contribution in [0.4, 0.5) is 0 Å². The molecular formula is C25H33NO4S. The molecule has 31 heavy (non-hydrogen) atoms. The molecule has 1 amide bonds. The van der Waals surface area contributed by atoms with Crippen molar-refractivity contribution in [2.45, 2.75) is 64.3 Å². The minimum Gasteiger partial charge on any atom is -0.480 e. The molecule has 1 aromatic carbocycles. The lowest BCUT2D eigenvalue weighted by Gasteiger charge is -2.55. The normalized spacial score (nSPS) is 31.6. The third-order valence-electron chi connectivity index (χ3n) is 7.86. The first-order valence-corrected chi connectivity index (χ1v) is 12.5. The molecule has 4 saturated carbocycles. The number of carbonyl (C=O) groups excluding carboxylic acids is 2. The number of carboxylic acids is 1. The summed E-state index contributed by atoms with van der Waals surface area (Å²) >= 11 is 1.31. The van der Waals surface area contributed by atoms with Crippen LogP contribution in [-0.4, -0.2) is 33.9 Å². The van der Waals surface area contributed by atoms with Crippen LogP contribution in [0.25, 0.3) is 0 Å². The number of benzene rings is 1. The minimum absolute atomic E-state index is 0.112. The Labute approximate surface area is 188 Å². The summed E-state index contributed by atoms with van der Waals surface area (Å²) in [5.41, 5.74) is 0.832. The number of thioether (sulfide) groups is 1. The van der Waals surface area contributed by atoms with Gasteiger partial charge in [0.05, 0.1) is 5.92 Å². The van der Waals surface area contributed by atoms with Crippen molar-refractivity contribution in [2.24, 2.45) is 29.1 Å². The maximum absolute atomic E-state index is 13.5. The highest BCUT2D eigenvalue weighted by Gasteiger charge is 2.54. The van der Waals surface area contributed by atoms with Crippen molar-refractivity contribution in [3.8, 4) is 0 Å². The summed E-state index contributed by atoms with van der Waals surface area (Å²) in [7, 11) is 0. The zero-order chi connectivity index (χ0) is 22.2. The molecule has 0 aromatic heterocycles. The first-order chi connectivity index (χ1) is 14.8. The summed E-state index contributed by atoms with van der Waals surface area (Å²) in [5, 5.41) is 12.1. The zero-order valence-electron chi connectivity index (χ0n) is 18.4. The number of amides is 1. The first kappa shape index (κ1) is 22.4. The van der Waals surface area contributed by atoms with Gasteiger partial charge in [0.25, 0.3) is 0 Å². The molecule has 2 N–H and O–H groups in total. The van der Waals surface area contributed by atoms with Gasteiger partial charge in [0.1, 0.15) is 6.04 Å². The lowest BCUT2D eigenvalue weighted by Crippen LogP contribution is -2.49. The molecule has 168 valence electrons. The van der Waals surface area contributed by atoms with Gasteiger partial charge in [-0.1, -0.05) is 49.0 Å². The molecule has 4 fully saturated rings. The number of carboxylic acid groups (broad SMARTS) is 1. The van der Waals surface area contributed by atoms with Crippen LogP contribution in [0.3, 0.4) is 0 Å². The molecule has 0 aliphatic heterocycles. The predicted octanol–water partition coefficient (Wildman–Crippen LogP) is 4.47. The van der Waals surface area contributed by atoms with E-state index in [2.05, 4.69) is 5.32 Å². The molecule has 5 rings (SSSR count). The van der Waals surface area contributed by atoms with Gasteiger partial charge in [0, 0.05) is 11.2 Å². The van der Waals surface area contributed by atoms with E-state index in [0.717, 1.165) is 24.8 Å². The second kappa shape index (κ2) is 8.97. The van der Waals surface area contributed by atoms with Crippen LogP contribution in [0.2, 0.25) is 0 Å². The molecule has 0 unspecified atom stereocenters. The van der Waals surface area contributed by atoms with Gasteiger partial charge in [-0.15, -0.1) is 0 Å². The Morgan fingerprint density at radius 3 is 2.10 bits per heavy atom. The maximum atomic E-state index is 13.5. The number of rotatable bonds is 8. The van der Waals surface area contributed by atoms with E-state index in [4.69, 9.17) is 0 Å². The predicted molar refractivity (Wildman–Crippen MR) is 122 cm³/mol. The molecule has 0 radical (unpaired) electrons. The third-order valence-corrected chi connectivity index (χ3v) is 9.08. The number of nitrogens with one attached hydrogen (secondary N) is 1.